The topological polar surface area (TPSA) is 87.7 Å². The highest BCUT2D eigenvalue weighted by Crippen LogP contribution is 2.17. The van der Waals surface area contributed by atoms with Crippen LogP contribution in [0.25, 0.3) is 0 Å². The van der Waals surface area contributed by atoms with E-state index in [9.17, 15) is 14.4 Å². The van der Waals surface area contributed by atoms with E-state index in [1.165, 1.54) is 6.08 Å². The lowest BCUT2D eigenvalue weighted by Crippen LogP contribution is -2.47. The van der Waals surface area contributed by atoms with Crippen LogP contribution in [0.1, 0.15) is 40.5 Å². The maximum atomic E-state index is 12.2. The molecule has 1 atom stereocenters. The lowest BCUT2D eigenvalue weighted by molar-refractivity contribution is -0.132. The molecule has 0 aromatic carbocycles. The zero-order valence-electron chi connectivity index (χ0n) is 15.1. The van der Waals surface area contributed by atoms with Gasteiger partial charge in [-0.05, 0) is 46.6 Å². The third-order valence-electron chi connectivity index (χ3n) is 3.69. The molecule has 136 valence electrons. The van der Waals surface area contributed by atoms with Crippen LogP contribution in [-0.4, -0.2) is 54.1 Å². The molecule has 7 nitrogen and oxygen atoms in total. The van der Waals surface area contributed by atoms with Crippen LogP contribution in [0.4, 0.5) is 4.79 Å². The second-order valence-corrected chi connectivity index (χ2v) is 7.10. The Hall–Kier alpha value is -2.05. The number of amides is 3. The van der Waals surface area contributed by atoms with Gasteiger partial charge in [-0.15, -0.1) is 0 Å². The third kappa shape index (κ3) is 7.02. The van der Waals surface area contributed by atoms with Gasteiger partial charge in [-0.1, -0.05) is 6.58 Å². The van der Waals surface area contributed by atoms with E-state index in [2.05, 4.69) is 17.2 Å². The van der Waals surface area contributed by atoms with Gasteiger partial charge in [0.1, 0.15) is 5.60 Å². The third-order valence-corrected chi connectivity index (χ3v) is 3.69. The molecule has 0 saturated carbocycles. The number of nitrogens with zero attached hydrogens (tertiary/aromatic N) is 1. The quantitative estimate of drug-likeness (QED) is 0.742. The number of carbonyl (C=O) groups is 3. The molecular weight excluding hydrogens is 310 g/mol. The Morgan fingerprint density at radius 3 is 2.38 bits per heavy atom. The predicted molar refractivity (Wildman–Crippen MR) is 91.3 cm³/mol. The van der Waals surface area contributed by atoms with Crippen LogP contribution in [0, 0.1) is 5.92 Å². The Labute approximate surface area is 143 Å². The van der Waals surface area contributed by atoms with Crippen LogP contribution in [0.3, 0.4) is 0 Å². The van der Waals surface area contributed by atoms with E-state index in [0.717, 1.165) is 0 Å². The molecule has 3 amide bonds. The summed E-state index contributed by atoms with van der Waals surface area (Å²) in [6, 6.07) is -0.196. The first-order chi connectivity index (χ1) is 11.1. The first-order valence-corrected chi connectivity index (χ1v) is 8.31. The monoisotopic (exact) mass is 339 g/mol. The summed E-state index contributed by atoms with van der Waals surface area (Å²) in [5.41, 5.74) is -0.548. The van der Waals surface area contributed by atoms with Gasteiger partial charge in [-0.2, -0.15) is 0 Å². The molecule has 1 aliphatic rings. The van der Waals surface area contributed by atoms with Crippen molar-refractivity contribution in [3.05, 3.63) is 12.7 Å². The Bertz CT molecular complexity index is 477. The van der Waals surface area contributed by atoms with Gasteiger partial charge in [0.05, 0.1) is 0 Å². The highest BCUT2D eigenvalue weighted by molar-refractivity contribution is 5.87. The molecule has 1 saturated heterocycles. The average molecular weight is 339 g/mol. The Morgan fingerprint density at radius 2 is 1.88 bits per heavy atom. The van der Waals surface area contributed by atoms with E-state index in [0.29, 0.717) is 32.5 Å². The highest BCUT2D eigenvalue weighted by atomic mass is 16.6. The molecule has 1 aliphatic heterocycles. The van der Waals surface area contributed by atoms with Gasteiger partial charge in [0.2, 0.25) is 11.8 Å². The summed E-state index contributed by atoms with van der Waals surface area (Å²) in [7, 11) is 0. The molecule has 7 heteroatoms. The van der Waals surface area contributed by atoms with Crippen molar-refractivity contribution in [3.63, 3.8) is 0 Å². The van der Waals surface area contributed by atoms with Crippen LogP contribution in [0.5, 0.6) is 0 Å². The second-order valence-electron chi connectivity index (χ2n) is 7.10. The van der Waals surface area contributed by atoms with Crippen LogP contribution in [0.2, 0.25) is 0 Å². The van der Waals surface area contributed by atoms with Crippen molar-refractivity contribution in [1.29, 1.82) is 0 Å². The summed E-state index contributed by atoms with van der Waals surface area (Å²) in [6.07, 6.45) is 2.07. The number of carbonyl (C=O) groups excluding carboxylic acids is 3. The number of piperidine rings is 1. The molecule has 0 aromatic rings. The van der Waals surface area contributed by atoms with Crippen molar-refractivity contribution < 1.29 is 19.1 Å². The number of ether oxygens (including phenoxy) is 1. The van der Waals surface area contributed by atoms with Crippen LogP contribution in [0.15, 0.2) is 12.7 Å². The Balaban J connectivity index is 2.31. The molecule has 0 radical (unpaired) electrons. The molecule has 1 fully saturated rings. The minimum atomic E-state index is -0.548. The largest absolute Gasteiger partial charge is 0.444 e. The van der Waals surface area contributed by atoms with Crippen LogP contribution < -0.4 is 10.6 Å². The van der Waals surface area contributed by atoms with Crippen LogP contribution in [-0.2, 0) is 14.3 Å². The SMILES string of the molecule is C=CC(=O)N1CCC(C(=O)N[C@H](C)CNC(=O)OC(C)(C)C)CC1. The van der Waals surface area contributed by atoms with E-state index in [4.69, 9.17) is 4.74 Å². The van der Waals surface area contributed by atoms with Gasteiger partial charge in [-0.25, -0.2) is 4.79 Å². The minimum Gasteiger partial charge on any atom is -0.444 e. The first kappa shape index (κ1) is 20.0. The summed E-state index contributed by atoms with van der Waals surface area (Å²) in [4.78, 5) is 37.1. The smallest absolute Gasteiger partial charge is 0.407 e. The molecule has 0 unspecified atom stereocenters. The number of alkyl carbamates (subject to hydrolysis) is 1. The van der Waals surface area contributed by atoms with Gasteiger partial charge < -0.3 is 20.3 Å². The first-order valence-electron chi connectivity index (χ1n) is 8.31. The fourth-order valence-corrected chi connectivity index (χ4v) is 2.45. The Kier molecular flexibility index (Phi) is 7.25. The number of rotatable bonds is 5. The van der Waals surface area contributed by atoms with E-state index >= 15 is 0 Å². The summed E-state index contributed by atoms with van der Waals surface area (Å²) < 4.78 is 5.15. The fourth-order valence-electron chi connectivity index (χ4n) is 2.45. The summed E-state index contributed by atoms with van der Waals surface area (Å²) in [5.74, 6) is -0.245. The summed E-state index contributed by atoms with van der Waals surface area (Å²) in [6.45, 7) is 12.1. The lowest BCUT2D eigenvalue weighted by atomic mass is 9.95. The number of likely N-dealkylation sites (tertiary alicyclic amines) is 1. The van der Waals surface area contributed by atoms with Gasteiger partial charge >= 0.3 is 6.09 Å². The zero-order valence-corrected chi connectivity index (χ0v) is 15.1. The highest BCUT2D eigenvalue weighted by Gasteiger charge is 2.27. The van der Waals surface area contributed by atoms with Crippen molar-refractivity contribution in [3.8, 4) is 0 Å². The van der Waals surface area contributed by atoms with Crippen molar-refractivity contribution in [2.45, 2.75) is 52.2 Å². The van der Waals surface area contributed by atoms with E-state index in [1.807, 2.05) is 6.92 Å². The molecule has 0 spiro atoms. The van der Waals surface area contributed by atoms with Crippen molar-refractivity contribution >= 4 is 17.9 Å². The van der Waals surface area contributed by atoms with Gasteiger partial charge in [0, 0.05) is 31.6 Å². The van der Waals surface area contributed by atoms with Gasteiger partial charge in [0.15, 0.2) is 0 Å². The lowest BCUT2D eigenvalue weighted by Gasteiger charge is -2.31. The maximum absolute atomic E-state index is 12.2. The molecule has 2 N–H and O–H groups in total. The second kappa shape index (κ2) is 8.70. The molecular formula is C17H29N3O4. The van der Waals surface area contributed by atoms with E-state index in [-0.39, 0.29) is 23.8 Å². The maximum Gasteiger partial charge on any atom is 0.407 e. The number of nitrogens with one attached hydrogen (secondary N) is 2. The molecule has 0 aliphatic carbocycles. The van der Waals surface area contributed by atoms with Crippen molar-refractivity contribution in [2.75, 3.05) is 19.6 Å². The van der Waals surface area contributed by atoms with Gasteiger partial charge in [-0.3, -0.25) is 9.59 Å². The van der Waals surface area contributed by atoms with Crippen molar-refractivity contribution in [2.24, 2.45) is 5.92 Å². The molecule has 0 bridgehead atoms. The fraction of sp³-hybridized carbons (Fsp3) is 0.706. The Morgan fingerprint density at radius 1 is 1.29 bits per heavy atom. The number of hydrogen-bond donors (Lipinski definition) is 2. The number of hydrogen-bond acceptors (Lipinski definition) is 4. The van der Waals surface area contributed by atoms with Gasteiger partial charge in [0.25, 0.3) is 0 Å². The zero-order chi connectivity index (χ0) is 18.3. The van der Waals surface area contributed by atoms with E-state index < -0.39 is 11.7 Å². The minimum absolute atomic E-state index is 0.0424. The molecule has 24 heavy (non-hydrogen) atoms. The summed E-state index contributed by atoms with van der Waals surface area (Å²) >= 11 is 0. The molecule has 0 aromatic heterocycles. The molecule has 1 heterocycles. The normalized spacial score (nSPS) is 16.9. The molecule has 1 rings (SSSR count). The average Bonchev–Trinajstić information content (AvgIpc) is 2.50. The van der Waals surface area contributed by atoms with Crippen molar-refractivity contribution in [1.82, 2.24) is 15.5 Å². The summed E-state index contributed by atoms with van der Waals surface area (Å²) in [5, 5.41) is 5.53. The predicted octanol–water partition coefficient (Wildman–Crippen LogP) is 1.44. The van der Waals surface area contributed by atoms with E-state index in [1.54, 1.807) is 25.7 Å². The standard InChI is InChI=1S/C17H29N3O4/c1-6-14(21)20-9-7-13(8-10-20)15(22)19-12(2)11-18-16(23)24-17(3,4)5/h6,12-13H,1,7-11H2,2-5H3,(H,18,23)(H,19,22)/t12-/m1/s1. The van der Waals surface area contributed by atoms with Crippen LogP contribution >= 0.6 is 0 Å².